The Labute approximate surface area is 156 Å². The Bertz CT molecular complexity index is 916. The number of ether oxygens (including phenoxy) is 1. The van der Waals surface area contributed by atoms with E-state index in [1.807, 2.05) is 16.8 Å². The molecule has 5 rings (SSSR count). The van der Waals surface area contributed by atoms with E-state index in [1.165, 1.54) is 12.8 Å². The van der Waals surface area contributed by atoms with Gasteiger partial charge in [0.25, 0.3) is 0 Å². The molecule has 2 N–H and O–H groups in total. The van der Waals surface area contributed by atoms with Crippen LogP contribution in [0.25, 0.3) is 16.9 Å². The maximum absolute atomic E-state index is 10.4. The second kappa shape index (κ2) is 6.62. The smallest absolute Gasteiger partial charge is 0.335 e. The van der Waals surface area contributed by atoms with E-state index >= 15 is 0 Å². The van der Waals surface area contributed by atoms with Crippen molar-refractivity contribution in [3.63, 3.8) is 0 Å². The van der Waals surface area contributed by atoms with Crippen molar-refractivity contribution < 1.29 is 9.84 Å². The van der Waals surface area contributed by atoms with Gasteiger partial charge in [-0.25, -0.2) is 9.97 Å². The lowest BCUT2D eigenvalue weighted by Crippen LogP contribution is -2.42. The molecule has 2 aliphatic rings. The third kappa shape index (κ3) is 3.23. The molecular formula is C19H20N6O2. The third-order valence-corrected chi connectivity index (χ3v) is 5.30. The Kier molecular flexibility index (Phi) is 3.97. The van der Waals surface area contributed by atoms with Gasteiger partial charge in [0, 0.05) is 36.1 Å². The summed E-state index contributed by atoms with van der Waals surface area (Å²) in [6, 6.07) is 6.72. The molecule has 8 heteroatoms. The van der Waals surface area contributed by atoms with E-state index < -0.39 is 0 Å². The zero-order valence-electron chi connectivity index (χ0n) is 14.7. The van der Waals surface area contributed by atoms with Crippen molar-refractivity contribution in [2.75, 3.05) is 0 Å². The Morgan fingerprint density at radius 3 is 2.67 bits per heavy atom. The quantitative estimate of drug-likeness (QED) is 0.731. The number of fused-ring (bicyclic) bond motifs is 2. The summed E-state index contributed by atoms with van der Waals surface area (Å²) in [5.41, 5.74) is 1.89. The average molecular weight is 364 g/mol. The molecule has 1 aromatic carbocycles. The van der Waals surface area contributed by atoms with Crippen molar-refractivity contribution in [3.05, 3.63) is 43.1 Å². The first-order chi connectivity index (χ1) is 13.2. The van der Waals surface area contributed by atoms with Gasteiger partial charge in [0.15, 0.2) is 0 Å². The molecule has 138 valence electrons. The van der Waals surface area contributed by atoms with Gasteiger partial charge in [-0.1, -0.05) is 5.10 Å². The monoisotopic (exact) mass is 364 g/mol. The van der Waals surface area contributed by atoms with Crippen LogP contribution in [0.2, 0.25) is 0 Å². The summed E-state index contributed by atoms with van der Waals surface area (Å²) in [5, 5.41) is 22.3. The molecule has 2 fully saturated rings. The number of nitrogens with one attached hydrogen (secondary N) is 1. The molecule has 8 nitrogen and oxygen atoms in total. The summed E-state index contributed by atoms with van der Waals surface area (Å²) >= 11 is 0. The highest BCUT2D eigenvalue weighted by Crippen LogP contribution is 2.31. The van der Waals surface area contributed by atoms with Crippen LogP contribution < -0.4 is 10.1 Å². The highest BCUT2D eigenvalue weighted by molar-refractivity contribution is 5.67. The number of hydrogen-bond donors (Lipinski definition) is 2. The number of aromatic nitrogens is 5. The van der Waals surface area contributed by atoms with Gasteiger partial charge in [0.1, 0.15) is 17.5 Å². The maximum atomic E-state index is 10.4. The van der Waals surface area contributed by atoms with E-state index in [0.717, 1.165) is 18.5 Å². The van der Waals surface area contributed by atoms with Crippen LogP contribution in [-0.4, -0.2) is 48.0 Å². The number of benzene rings is 1. The predicted molar refractivity (Wildman–Crippen MR) is 97.6 cm³/mol. The van der Waals surface area contributed by atoms with E-state index in [0.29, 0.717) is 29.4 Å². The molecule has 0 amide bonds. The molecule has 3 atom stereocenters. The summed E-state index contributed by atoms with van der Waals surface area (Å²) in [6.07, 6.45) is 11.3. The normalized spacial score (nSPS) is 24.1. The van der Waals surface area contributed by atoms with Crippen LogP contribution in [0.15, 0.2) is 43.1 Å². The molecule has 0 radical (unpaired) electrons. The minimum atomic E-state index is 0.112. The number of aromatic hydroxyl groups is 1. The molecule has 2 aliphatic heterocycles. The van der Waals surface area contributed by atoms with Gasteiger partial charge < -0.3 is 19.7 Å². The lowest BCUT2D eigenvalue weighted by atomic mass is 10.0. The first-order valence-corrected chi connectivity index (χ1v) is 9.19. The van der Waals surface area contributed by atoms with Gasteiger partial charge in [-0.3, -0.25) is 0 Å². The molecule has 2 aromatic heterocycles. The summed E-state index contributed by atoms with van der Waals surface area (Å²) in [5.74, 6) is 0.112. The van der Waals surface area contributed by atoms with E-state index in [-0.39, 0.29) is 11.9 Å². The van der Waals surface area contributed by atoms with Gasteiger partial charge >= 0.3 is 6.01 Å². The van der Waals surface area contributed by atoms with Crippen molar-refractivity contribution in [1.82, 2.24) is 30.0 Å². The molecule has 2 bridgehead atoms. The average Bonchev–Trinajstić information content (AvgIpc) is 3.32. The summed E-state index contributed by atoms with van der Waals surface area (Å²) in [7, 11) is 0. The van der Waals surface area contributed by atoms with Crippen molar-refractivity contribution in [2.45, 2.75) is 43.9 Å². The summed E-state index contributed by atoms with van der Waals surface area (Å²) in [6.45, 7) is 0. The van der Waals surface area contributed by atoms with E-state index in [4.69, 9.17) is 4.74 Å². The van der Waals surface area contributed by atoms with Crippen LogP contribution in [0.1, 0.15) is 25.7 Å². The molecule has 2 saturated heterocycles. The fourth-order valence-electron chi connectivity index (χ4n) is 4.00. The second-order valence-corrected chi connectivity index (χ2v) is 7.15. The van der Waals surface area contributed by atoms with Gasteiger partial charge in [0.05, 0.1) is 18.2 Å². The topological polar surface area (TPSA) is 98.0 Å². The lowest BCUT2D eigenvalue weighted by molar-refractivity contribution is 0.124. The first-order valence-electron chi connectivity index (χ1n) is 9.19. The number of hydrogen-bond acceptors (Lipinski definition) is 7. The fraction of sp³-hybridized carbons (Fsp3) is 0.368. The molecule has 0 aliphatic carbocycles. The number of nitrogens with zero attached hydrogens (tertiary/aromatic N) is 5. The highest BCUT2D eigenvalue weighted by Gasteiger charge is 2.34. The van der Waals surface area contributed by atoms with Crippen LogP contribution in [0.5, 0.6) is 11.8 Å². The molecule has 0 spiro atoms. The molecule has 1 unspecified atom stereocenters. The third-order valence-electron chi connectivity index (χ3n) is 5.30. The van der Waals surface area contributed by atoms with Gasteiger partial charge in [-0.05, 0) is 37.8 Å². The van der Waals surface area contributed by atoms with E-state index in [1.54, 1.807) is 30.9 Å². The molecule has 4 heterocycles. The second-order valence-electron chi connectivity index (χ2n) is 7.15. The molecular weight excluding hydrogens is 344 g/mol. The molecule has 27 heavy (non-hydrogen) atoms. The molecule has 3 aromatic rings. The van der Waals surface area contributed by atoms with E-state index in [9.17, 15) is 5.11 Å². The number of phenols is 1. The summed E-state index contributed by atoms with van der Waals surface area (Å²) in [4.78, 5) is 8.30. The van der Waals surface area contributed by atoms with Gasteiger partial charge in [0.2, 0.25) is 0 Å². The van der Waals surface area contributed by atoms with Crippen LogP contribution in [0.4, 0.5) is 0 Å². The Hall–Kier alpha value is -3.00. The van der Waals surface area contributed by atoms with Crippen molar-refractivity contribution in [2.24, 2.45) is 0 Å². The molecule has 0 saturated carbocycles. The Morgan fingerprint density at radius 1 is 1.15 bits per heavy atom. The zero-order valence-corrected chi connectivity index (χ0v) is 14.7. The predicted octanol–water partition coefficient (Wildman–Crippen LogP) is 2.09. The number of phenolic OH excluding ortho intramolecular Hbond substituents is 1. The zero-order chi connectivity index (χ0) is 18.2. The van der Waals surface area contributed by atoms with Crippen molar-refractivity contribution in [3.8, 4) is 28.7 Å². The SMILES string of the molecule is Oc1cc(-n2ccnc2)ccc1-c1cnc(OC2C[C@H]3CC[C@@H](C2)N3)nn1. The van der Waals surface area contributed by atoms with Crippen molar-refractivity contribution in [1.29, 1.82) is 0 Å². The standard InChI is InChI=1S/C19H20N6O2/c26-18-9-14(25-6-5-20-11-25)3-4-16(18)17-10-21-19(24-23-17)27-15-7-12-1-2-13(8-15)22-12/h3-6,9-13,15,22,26H,1-2,7-8H2/t12-,13+,15?. The van der Waals surface area contributed by atoms with Gasteiger partial charge in [-0.15, -0.1) is 5.10 Å². The first kappa shape index (κ1) is 16.2. The Balaban J connectivity index is 1.31. The number of rotatable bonds is 4. The van der Waals surface area contributed by atoms with Crippen LogP contribution in [-0.2, 0) is 0 Å². The summed E-state index contributed by atoms with van der Waals surface area (Å²) < 4.78 is 7.74. The lowest BCUT2D eigenvalue weighted by Gasteiger charge is -2.28. The highest BCUT2D eigenvalue weighted by atomic mass is 16.5. The van der Waals surface area contributed by atoms with E-state index in [2.05, 4.69) is 25.5 Å². The van der Waals surface area contributed by atoms with Crippen LogP contribution in [0.3, 0.4) is 0 Å². The van der Waals surface area contributed by atoms with Crippen molar-refractivity contribution >= 4 is 0 Å². The number of piperidine rings is 1. The largest absolute Gasteiger partial charge is 0.507 e. The van der Waals surface area contributed by atoms with Gasteiger partial charge in [-0.2, -0.15) is 0 Å². The minimum Gasteiger partial charge on any atom is -0.507 e. The number of imidazole rings is 1. The minimum absolute atomic E-state index is 0.112. The Morgan fingerprint density at radius 2 is 2.00 bits per heavy atom. The maximum Gasteiger partial charge on any atom is 0.335 e. The van der Waals surface area contributed by atoms with Crippen LogP contribution >= 0.6 is 0 Å². The fourth-order valence-corrected chi connectivity index (χ4v) is 4.00. The van der Waals surface area contributed by atoms with Crippen LogP contribution in [0, 0.1) is 0 Å².